The molecule has 2 aromatic carbocycles. The minimum Gasteiger partial charge on any atom is -0.492 e. The van der Waals surface area contributed by atoms with Crippen LogP contribution in [-0.4, -0.2) is 41.7 Å². The summed E-state index contributed by atoms with van der Waals surface area (Å²) in [5, 5.41) is 8.90. The standard InChI is InChI=1S/C19H23NO4/c1-15(2)20(14-19(21)22)12-13-23-16-8-10-18(11-9-16)24-17-6-4-3-5-7-17/h3-11,15H,12-14H2,1-2H3,(H,21,22). The zero-order valence-corrected chi connectivity index (χ0v) is 14.0. The van der Waals surface area contributed by atoms with Gasteiger partial charge in [0.1, 0.15) is 23.9 Å². The van der Waals surface area contributed by atoms with Crippen molar-refractivity contribution in [2.75, 3.05) is 19.7 Å². The van der Waals surface area contributed by atoms with E-state index in [1.54, 1.807) is 0 Å². The van der Waals surface area contributed by atoms with Crippen LogP contribution >= 0.6 is 0 Å². The molecule has 0 aliphatic heterocycles. The number of carboxylic acid groups (broad SMARTS) is 1. The zero-order chi connectivity index (χ0) is 17.4. The van der Waals surface area contributed by atoms with Gasteiger partial charge in [0.15, 0.2) is 0 Å². The van der Waals surface area contributed by atoms with Crippen molar-refractivity contribution >= 4 is 5.97 Å². The number of para-hydroxylation sites is 1. The van der Waals surface area contributed by atoms with Gasteiger partial charge in [-0.3, -0.25) is 9.69 Å². The van der Waals surface area contributed by atoms with Crippen LogP contribution in [0, 0.1) is 0 Å². The van der Waals surface area contributed by atoms with Crippen LogP contribution < -0.4 is 9.47 Å². The van der Waals surface area contributed by atoms with Crippen molar-refractivity contribution in [2.45, 2.75) is 19.9 Å². The summed E-state index contributed by atoms with van der Waals surface area (Å²) in [7, 11) is 0. The highest BCUT2D eigenvalue weighted by Gasteiger charge is 2.13. The fraction of sp³-hybridized carbons (Fsp3) is 0.316. The molecule has 5 heteroatoms. The van der Waals surface area contributed by atoms with Crippen LogP contribution in [-0.2, 0) is 4.79 Å². The van der Waals surface area contributed by atoms with Crippen molar-refractivity contribution in [1.82, 2.24) is 4.90 Å². The number of hydrogen-bond donors (Lipinski definition) is 1. The van der Waals surface area contributed by atoms with Gasteiger partial charge in [-0.05, 0) is 50.2 Å². The van der Waals surface area contributed by atoms with Gasteiger partial charge < -0.3 is 14.6 Å². The number of carboxylic acids is 1. The van der Waals surface area contributed by atoms with Crippen molar-refractivity contribution in [3.8, 4) is 17.2 Å². The Morgan fingerprint density at radius 3 is 2.17 bits per heavy atom. The molecular formula is C19H23NO4. The summed E-state index contributed by atoms with van der Waals surface area (Å²) in [6.45, 7) is 4.96. The third-order valence-corrected chi connectivity index (χ3v) is 3.52. The Morgan fingerprint density at radius 1 is 1.00 bits per heavy atom. The largest absolute Gasteiger partial charge is 0.492 e. The lowest BCUT2D eigenvalue weighted by atomic mass is 10.3. The van der Waals surface area contributed by atoms with E-state index in [0.717, 1.165) is 17.2 Å². The lowest BCUT2D eigenvalue weighted by Gasteiger charge is -2.24. The number of rotatable bonds is 9. The van der Waals surface area contributed by atoms with Gasteiger partial charge in [-0.15, -0.1) is 0 Å². The lowest BCUT2D eigenvalue weighted by Crippen LogP contribution is -2.38. The second-order valence-electron chi connectivity index (χ2n) is 5.69. The summed E-state index contributed by atoms with van der Waals surface area (Å²) in [5.74, 6) is 1.43. The molecule has 1 N–H and O–H groups in total. The van der Waals surface area contributed by atoms with E-state index in [0.29, 0.717) is 13.2 Å². The predicted octanol–water partition coefficient (Wildman–Crippen LogP) is 3.65. The highest BCUT2D eigenvalue weighted by molar-refractivity contribution is 5.69. The molecule has 0 amide bonds. The van der Waals surface area contributed by atoms with Crippen LogP contribution in [0.2, 0.25) is 0 Å². The Hall–Kier alpha value is -2.53. The Morgan fingerprint density at radius 2 is 1.58 bits per heavy atom. The van der Waals surface area contributed by atoms with Crippen LogP contribution in [0.4, 0.5) is 0 Å². The molecule has 0 saturated carbocycles. The van der Waals surface area contributed by atoms with Gasteiger partial charge in [0.25, 0.3) is 0 Å². The Labute approximate surface area is 142 Å². The van der Waals surface area contributed by atoms with E-state index in [1.165, 1.54) is 0 Å². The van der Waals surface area contributed by atoms with Crippen molar-refractivity contribution in [2.24, 2.45) is 0 Å². The molecule has 2 rings (SSSR count). The third kappa shape index (κ3) is 5.93. The summed E-state index contributed by atoms with van der Waals surface area (Å²) < 4.78 is 11.4. The summed E-state index contributed by atoms with van der Waals surface area (Å²) in [5.41, 5.74) is 0. The van der Waals surface area contributed by atoms with E-state index in [1.807, 2.05) is 73.3 Å². The molecule has 0 spiro atoms. The molecule has 0 radical (unpaired) electrons. The SMILES string of the molecule is CC(C)N(CCOc1ccc(Oc2ccccc2)cc1)CC(=O)O. The summed E-state index contributed by atoms with van der Waals surface area (Å²) in [6, 6.07) is 17.1. The molecule has 0 bridgehead atoms. The minimum absolute atomic E-state index is 0.0187. The van der Waals surface area contributed by atoms with E-state index >= 15 is 0 Å². The number of aliphatic carboxylic acids is 1. The summed E-state index contributed by atoms with van der Waals surface area (Å²) >= 11 is 0. The second kappa shape index (κ2) is 8.93. The smallest absolute Gasteiger partial charge is 0.317 e. The van der Waals surface area contributed by atoms with Crippen molar-refractivity contribution in [3.05, 3.63) is 54.6 Å². The zero-order valence-electron chi connectivity index (χ0n) is 14.0. The van der Waals surface area contributed by atoms with Gasteiger partial charge in [-0.25, -0.2) is 0 Å². The number of ether oxygens (including phenoxy) is 2. The normalized spacial score (nSPS) is 10.8. The molecule has 24 heavy (non-hydrogen) atoms. The lowest BCUT2D eigenvalue weighted by molar-refractivity contribution is -0.138. The maximum absolute atomic E-state index is 10.8. The van der Waals surface area contributed by atoms with Crippen molar-refractivity contribution < 1.29 is 19.4 Å². The van der Waals surface area contributed by atoms with Crippen LogP contribution in [0.5, 0.6) is 17.2 Å². The van der Waals surface area contributed by atoms with Crippen LogP contribution in [0.1, 0.15) is 13.8 Å². The summed E-state index contributed by atoms with van der Waals surface area (Å²) in [6.07, 6.45) is 0. The molecule has 5 nitrogen and oxygen atoms in total. The topological polar surface area (TPSA) is 59.0 Å². The van der Waals surface area contributed by atoms with Gasteiger partial charge in [0, 0.05) is 12.6 Å². The van der Waals surface area contributed by atoms with Crippen molar-refractivity contribution in [3.63, 3.8) is 0 Å². The molecule has 128 valence electrons. The van der Waals surface area contributed by atoms with Gasteiger partial charge in [0.2, 0.25) is 0 Å². The average Bonchev–Trinajstić information content (AvgIpc) is 2.56. The van der Waals surface area contributed by atoms with Gasteiger partial charge in [0.05, 0.1) is 6.54 Å². The molecule has 0 aromatic heterocycles. The van der Waals surface area contributed by atoms with Gasteiger partial charge in [-0.2, -0.15) is 0 Å². The fourth-order valence-electron chi connectivity index (χ4n) is 2.20. The maximum atomic E-state index is 10.8. The number of benzene rings is 2. The Kier molecular flexibility index (Phi) is 6.63. The highest BCUT2D eigenvalue weighted by atomic mass is 16.5. The first-order valence-electron chi connectivity index (χ1n) is 7.96. The van der Waals surface area contributed by atoms with E-state index in [4.69, 9.17) is 14.6 Å². The molecular weight excluding hydrogens is 306 g/mol. The van der Waals surface area contributed by atoms with Crippen LogP contribution in [0.15, 0.2) is 54.6 Å². The number of carbonyl (C=O) groups is 1. The Balaban J connectivity index is 1.82. The van der Waals surface area contributed by atoms with Gasteiger partial charge in [-0.1, -0.05) is 18.2 Å². The predicted molar refractivity (Wildman–Crippen MR) is 92.8 cm³/mol. The number of nitrogens with zero attached hydrogens (tertiary/aromatic N) is 1. The highest BCUT2D eigenvalue weighted by Crippen LogP contribution is 2.23. The molecule has 2 aromatic rings. The first kappa shape index (κ1) is 17.8. The van der Waals surface area contributed by atoms with E-state index in [9.17, 15) is 4.79 Å². The second-order valence-corrected chi connectivity index (χ2v) is 5.69. The van der Waals surface area contributed by atoms with E-state index in [2.05, 4.69) is 0 Å². The molecule has 0 aliphatic rings. The first-order chi connectivity index (χ1) is 11.5. The average molecular weight is 329 g/mol. The number of hydrogen-bond acceptors (Lipinski definition) is 4. The molecule has 0 saturated heterocycles. The molecule has 0 atom stereocenters. The van der Waals surface area contributed by atoms with E-state index in [-0.39, 0.29) is 12.6 Å². The molecule has 0 fully saturated rings. The van der Waals surface area contributed by atoms with Crippen LogP contribution in [0.3, 0.4) is 0 Å². The van der Waals surface area contributed by atoms with Crippen molar-refractivity contribution in [1.29, 1.82) is 0 Å². The molecule has 0 heterocycles. The fourth-order valence-corrected chi connectivity index (χ4v) is 2.20. The van der Waals surface area contributed by atoms with Crippen LogP contribution in [0.25, 0.3) is 0 Å². The van der Waals surface area contributed by atoms with Gasteiger partial charge >= 0.3 is 5.97 Å². The monoisotopic (exact) mass is 329 g/mol. The Bertz CT molecular complexity index is 626. The molecule has 0 unspecified atom stereocenters. The van der Waals surface area contributed by atoms with E-state index < -0.39 is 5.97 Å². The quantitative estimate of drug-likeness (QED) is 0.761. The minimum atomic E-state index is -0.828. The molecule has 0 aliphatic carbocycles. The summed E-state index contributed by atoms with van der Waals surface area (Å²) in [4.78, 5) is 12.7. The third-order valence-electron chi connectivity index (χ3n) is 3.52. The maximum Gasteiger partial charge on any atom is 0.317 e. The first-order valence-corrected chi connectivity index (χ1v) is 7.96.